The van der Waals surface area contributed by atoms with Crippen LogP contribution in [0.4, 0.5) is 4.79 Å². The fourth-order valence-corrected chi connectivity index (χ4v) is 2.17. The topological polar surface area (TPSA) is 90.7 Å². The van der Waals surface area contributed by atoms with E-state index in [-0.39, 0.29) is 24.5 Å². The van der Waals surface area contributed by atoms with Gasteiger partial charge in [0, 0.05) is 19.2 Å². The smallest absolute Gasteiger partial charge is 0.417 e. The van der Waals surface area contributed by atoms with Gasteiger partial charge in [0.05, 0.1) is 6.61 Å². The van der Waals surface area contributed by atoms with E-state index in [0.29, 0.717) is 13.0 Å². The molecule has 0 fully saturated rings. The van der Waals surface area contributed by atoms with Gasteiger partial charge in [0.2, 0.25) is 0 Å². The Morgan fingerprint density at radius 2 is 2.00 bits per heavy atom. The van der Waals surface area contributed by atoms with E-state index in [4.69, 9.17) is 9.47 Å². The number of aryl methyl sites for hydroxylation is 1. The number of rotatable bonds is 2. The fraction of sp³-hybridized carbons (Fsp3) is 0.600. The maximum atomic E-state index is 12.6. The molecule has 0 saturated heterocycles. The molecule has 0 aromatic carbocycles. The highest BCUT2D eigenvalue weighted by molar-refractivity contribution is 6.03. The van der Waals surface area contributed by atoms with Crippen molar-refractivity contribution in [2.45, 2.75) is 46.3 Å². The third-order valence-corrected chi connectivity index (χ3v) is 3.09. The first-order valence-electron chi connectivity index (χ1n) is 7.52. The van der Waals surface area contributed by atoms with Gasteiger partial charge in [0.25, 0.3) is 5.91 Å². The number of esters is 1. The molecular formula is C15H21N3O5. The van der Waals surface area contributed by atoms with Crippen LogP contribution in [-0.4, -0.2) is 51.4 Å². The first kappa shape index (κ1) is 17.0. The van der Waals surface area contributed by atoms with Crippen molar-refractivity contribution in [1.29, 1.82) is 0 Å². The third kappa shape index (κ3) is 3.88. The predicted octanol–water partition coefficient (Wildman–Crippen LogP) is 1.84. The molecule has 126 valence electrons. The average Bonchev–Trinajstić information content (AvgIpc) is 2.79. The van der Waals surface area contributed by atoms with Gasteiger partial charge >= 0.3 is 12.1 Å². The van der Waals surface area contributed by atoms with Crippen LogP contribution in [0.25, 0.3) is 0 Å². The van der Waals surface area contributed by atoms with Gasteiger partial charge in [-0.25, -0.2) is 14.5 Å². The molecule has 2 amide bonds. The summed E-state index contributed by atoms with van der Waals surface area (Å²) in [5, 5.41) is 4.09. The zero-order chi connectivity index (χ0) is 17.2. The van der Waals surface area contributed by atoms with Crippen LogP contribution in [0.1, 0.15) is 55.1 Å². The molecule has 0 bridgehead atoms. The van der Waals surface area contributed by atoms with Crippen LogP contribution in [0.3, 0.4) is 0 Å². The number of amides is 2. The number of hydrogen-bond acceptors (Lipinski definition) is 6. The van der Waals surface area contributed by atoms with Crippen LogP contribution in [0.5, 0.6) is 0 Å². The quantitative estimate of drug-likeness (QED) is 0.771. The van der Waals surface area contributed by atoms with Gasteiger partial charge in [0.1, 0.15) is 11.3 Å². The van der Waals surface area contributed by atoms with Gasteiger partial charge in [-0.1, -0.05) is 0 Å². The molecule has 1 aliphatic rings. The Balaban J connectivity index is 2.25. The number of hydrogen-bond donors (Lipinski definition) is 0. The molecule has 0 radical (unpaired) electrons. The minimum atomic E-state index is -0.699. The number of carbonyl (C=O) groups is 3. The van der Waals surface area contributed by atoms with Gasteiger partial charge in [-0.3, -0.25) is 9.48 Å². The van der Waals surface area contributed by atoms with Crippen molar-refractivity contribution in [3.05, 3.63) is 17.5 Å². The Morgan fingerprint density at radius 1 is 1.30 bits per heavy atom. The molecule has 2 rings (SSSR count). The van der Waals surface area contributed by atoms with Crippen LogP contribution in [0, 0.1) is 0 Å². The maximum Gasteiger partial charge on any atom is 0.417 e. The summed E-state index contributed by atoms with van der Waals surface area (Å²) in [6, 6.07) is 1.35. The van der Waals surface area contributed by atoms with Gasteiger partial charge in [0.15, 0.2) is 5.69 Å². The van der Waals surface area contributed by atoms with Crippen molar-refractivity contribution < 1.29 is 23.9 Å². The molecular weight excluding hydrogens is 302 g/mol. The molecule has 0 aliphatic carbocycles. The highest BCUT2D eigenvalue weighted by Crippen LogP contribution is 2.18. The van der Waals surface area contributed by atoms with E-state index in [2.05, 4.69) is 5.10 Å². The lowest BCUT2D eigenvalue weighted by Crippen LogP contribution is -2.40. The Bertz CT molecular complexity index is 630. The van der Waals surface area contributed by atoms with Gasteiger partial charge in [-0.2, -0.15) is 5.10 Å². The van der Waals surface area contributed by atoms with Crippen molar-refractivity contribution in [2.75, 3.05) is 13.2 Å². The van der Waals surface area contributed by atoms with Gasteiger partial charge in [-0.05, 0) is 34.1 Å². The van der Waals surface area contributed by atoms with Crippen molar-refractivity contribution in [1.82, 2.24) is 14.7 Å². The number of fused-ring (bicyclic) bond motifs is 1. The monoisotopic (exact) mass is 323 g/mol. The van der Waals surface area contributed by atoms with E-state index in [0.717, 1.165) is 4.90 Å². The lowest BCUT2D eigenvalue weighted by atomic mass is 10.2. The summed E-state index contributed by atoms with van der Waals surface area (Å²) in [4.78, 5) is 37.5. The Labute approximate surface area is 134 Å². The molecule has 0 spiro atoms. The summed E-state index contributed by atoms with van der Waals surface area (Å²) >= 11 is 0. The summed E-state index contributed by atoms with van der Waals surface area (Å²) in [5.74, 6) is -1.12. The van der Waals surface area contributed by atoms with E-state index in [1.807, 2.05) is 0 Å². The second kappa shape index (κ2) is 6.39. The molecule has 0 unspecified atom stereocenters. The van der Waals surface area contributed by atoms with Crippen molar-refractivity contribution in [3.63, 3.8) is 0 Å². The molecule has 8 heteroatoms. The first-order chi connectivity index (χ1) is 10.7. The highest BCUT2D eigenvalue weighted by Gasteiger charge is 2.33. The molecule has 23 heavy (non-hydrogen) atoms. The van der Waals surface area contributed by atoms with Crippen LogP contribution in [0.2, 0.25) is 0 Å². The Morgan fingerprint density at radius 3 is 2.61 bits per heavy atom. The van der Waals surface area contributed by atoms with E-state index in [9.17, 15) is 14.4 Å². The van der Waals surface area contributed by atoms with E-state index >= 15 is 0 Å². The van der Waals surface area contributed by atoms with E-state index < -0.39 is 23.6 Å². The number of ether oxygens (including phenoxy) is 2. The second-order valence-corrected chi connectivity index (χ2v) is 6.15. The zero-order valence-electron chi connectivity index (χ0n) is 13.8. The van der Waals surface area contributed by atoms with Gasteiger partial charge < -0.3 is 9.47 Å². The lowest BCUT2D eigenvalue weighted by molar-refractivity contribution is 0.0243. The minimum absolute atomic E-state index is 0.0567. The first-order valence-corrected chi connectivity index (χ1v) is 7.52. The van der Waals surface area contributed by atoms with Crippen molar-refractivity contribution >= 4 is 18.0 Å². The predicted molar refractivity (Wildman–Crippen MR) is 80.1 cm³/mol. The fourth-order valence-electron chi connectivity index (χ4n) is 2.17. The number of imide groups is 1. The maximum absolute atomic E-state index is 12.6. The number of carbonyl (C=O) groups excluding carboxylic acids is 3. The highest BCUT2D eigenvalue weighted by atomic mass is 16.6. The summed E-state index contributed by atoms with van der Waals surface area (Å²) in [6.07, 6.45) is -0.170. The van der Waals surface area contributed by atoms with E-state index in [1.165, 1.54) is 10.7 Å². The Hall–Kier alpha value is -2.38. The molecule has 8 nitrogen and oxygen atoms in total. The normalized spacial score (nSPS) is 15.0. The Kier molecular flexibility index (Phi) is 4.72. The summed E-state index contributed by atoms with van der Waals surface area (Å²) in [6.45, 7) is 7.78. The number of aromatic nitrogens is 2. The second-order valence-electron chi connectivity index (χ2n) is 6.15. The lowest BCUT2D eigenvalue weighted by Gasteiger charge is -2.24. The molecule has 0 N–H and O–H groups in total. The van der Waals surface area contributed by atoms with Gasteiger partial charge in [-0.15, -0.1) is 0 Å². The third-order valence-electron chi connectivity index (χ3n) is 3.09. The average molecular weight is 323 g/mol. The molecule has 2 heterocycles. The van der Waals surface area contributed by atoms with Crippen molar-refractivity contribution in [3.8, 4) is 0 Å². The molecule has 0 atom stereocenters. The zero-order valence-corrected chi connectivity index (χ0v) is 13.8. The van der Waals surface area contributed by atoms with E-state index in [1.54, 1.807) is 27.7 Å². The molecule has 1 aromatic rings. The largest absolute Gasteiger partial charge is 0.461 e. The standard InChI is InChI=1S/C15H21N3O5/c1-5-22-13(20)10-9-11-12(19)17(7-6-8-18(11)16-10)14(21)23-15(2,3)4/h9H,5-8H2,1-4H3. The molecule has 1 aromatic heterocycles. The number of nitrogens with zero attached hydrogens (tertiary/aromatic N) is 3. The summed E-state index contributed by atoms with van der Waals surface area (Å²) in [5.41, 5.74) is -0.461. The minimum Gasteiger partial charge on any atom is -0.461 e. The molecule has 0 saturated carbocycles. The van der Waals surface area contributed by atoms with Crippen LogP contribution in [-0.2, 0) is 16.0 Å². The van der Waals surface area contributed by atoms with Crippen LogP contribution in [0.15, 0.2) is 6.07 Å². The van der Waals surface area contributed by atoms with Crippen molar-refractivity contribution in [2.24, 2.45) is 0 Å². The molecule has 1 aliphatic heterocycles. The van der Waals surface area contributed by atoms with Crippen LogP contribution >= 0.6 is 0 Å². The summed E-state index contributed by atoms with van der Waals surface area (Å²) < 4.78 is 11.6. The summed E-state index contributed by atoms with van der Waals surface area (Å²) in [7, 11) is 0. The SMILES string of the molecule is CCOC(=O)c1cc2n(n1)CCCN(C(=O)OC(C)(C)C)C2=O. The van der Waals surface area contributed by atoms with Crippen LogP contribution < -0.4 is 0 Å².